The quantitative estimate of drug-likeness (QED) is 0.917. The van der Waals surface area contributed by atoms with Gasteiger partial charge in [0.05, 0.1) is 16.5 Å². The zero-order valence-electron chi connectivity index (χ0n) is 11.0. The maximum Gasteiger partial charge on any atom is 0.241 e. The summed E-state index contributed by atoms with van der Waals surface area (Å²) in [5, 5.41) is 0. The van der Waals surface area contributed by atoms with Crippen LogP contribution in [0.4, 0.5) is 0 Å². The van der Waals surface area contributed by atoms with Crippen LogP contribution in [0.3, 0.4) is 0 Å². The lowest BCUT2D eigenvalue weighted by Gasteiger charge is -2.30. The molecule has 4 nitrogen and oxygen atoms in total. The number of nitrogens with one attached hydrogen (secondary N) is 1. The van der Waals surface area contributed by atoms with Gasteiger partial charge in [0, 0.05) is 6.61 Å². The lowest BCUT2D eigenvalue weighted by atomic mass is 9.92. The van der Waals surface area contributed by atoms with Crippen LogP contribution in [-0.2, 0) is 14.8 Å². The first-order valence-electron chi connectivity index (χ1n) is 6.72. The highest BCUT2D eigenvalue weighted by atomic mass is 32.2. The van der Waals surface area contributed by atoms with E-state index in [1.54, 1.807) is 24.3 Å². The van der Waals surface area contributed by atoms with Crippen molar-refractivity contribution in [2.75, 3.05) is 6.61 Å². The first-order valence-corrected chi connectivity index (χ1v) is 8.20. The van der Waals surface area contributed by atoms with Gasteiger partial charge in [-0.05, 0) is 44.2 Å². The summed E-state index contributed by atoms with van der Waals surface area (Å²) < 4.78 is 33.4. The SMILES string of the molecule is C[C@@]1(NS(=O)(=O)c2ccccc2)CCO[C@@H]1C1CC1. The zero-order chi connectivity index (χ0) is 13.5. The Labute approximate surface area is 114 Å². The van der Waals surface area contributed by atoms with E-state index in [0.29, 0.717) is 17.4 Å². The van der Waals surface area contributed by atoms with Gasteiger partial charge in [-0.3, -0.25) is 0 Å². The van der Waals surface area contributed by atoms with Crippen molar-refractivity contribution in [1.29, 1.82) is 0 Å². The fourth-order valence-corrected chi connectivity index (χ4v) is 4.32. The standard InChI is InChI=1S/C14H19NO3S/c1-14(9-10-18-13(14)11-7-8-11)15-19(16,17)12-5-3-2-4-6-12/h2-6,11,13,15H,7-10H2,1H3/t13-,14-/m1/s1. The third-order valence-corrected chi connectivity index (χ3v) is 5.65. The normalized spacial score (nSPS) is 31.5. The first-order chi connectivity index (χ1) is 9.01. The predicted octanol–water partition coefficient (Wildman–Crippen LogP) is 1.92. The fraction of sp³-hybridized carbons (Fsp3) is 0.571. The van der Waals surface area contributed by atoms with Gasteiger partial charge in [-0.25, -0.2) is 13.1 Å². The summed E-state index contributed by atoms with van der Waals surface area (Å²) >= 11 is 0. The van der Waals surface area contributed by atoms with E-state index in [0.717, 1.165) is 19.3 Å². The zero-order valence-corrected chi connectivity index (χ0v) is 11.8. The van der Waals surface area contributed by atoms with Gasteiger partial charge in [0.25, 0.3) is 0 Å². The highest BCUT2D eigenvalue weighted by Gasteiger charge is 2.50. The van der Waals surface area contributed by atoms with Gasteiger partial charge in [-0.1, -0.05) is 18.2 Å². The predicted molar refractivity (Wildman–Crippen MR) is 72.2 cm³/mol. The molecule has 0 spiro atoms. The molecule has 0 bridgehead atoms. The number of sulfonamides is 1. The Balaban J connectivity index is 1.84. The van der Waals surface area contributed by atoms with Crippen molar-refractivity contribution in [3.63, 3.8) is 0 Å². The molecular formula is C14H19NO3S. The van der Waals surface area contributed by atoms with E-state index in [4.69, 9.17) is 4.74 Å². The van der Waals surface area contributed by atoms with Crippen LogP contribution in [0, 0.1) is 5.92 Å². The molecule has 0 unspecified atom stereocenters. The van der Waals surface area contributed by atoms with Crippen LogP contribution in [0.15, 0.2) is 35.2 Å². The van der Waals surface area contributed by atoms with Crippen molar-refractivity contribution in [3.05, 3.63) is 30.3 Å². The minimum atomic E-state index is -3.47. The maximum absolute atomic E-state index is 12.4. The second-order valence-electron chi connectivity index (χ2n) is 5.71. The molecule has 5 heteroatoms. The summed E-state index contributed by atoms with van der Waals surface area (Å²) in [5.74, 6) is 0.519. The van der Waals surface area contributed by atoms with Gasteiger partial charge in [-0.15, -0.1) is 0 Å². The summed E-state index contributed by atoms with van der Waals surface area (Å²) in [7, 11) is -3.47. The molecule has 1 aliphatic carbocycles. The number of benzene rings is 1. The average molecular weight is 281 g/mol. The highest BCUT2D eigenvalue weighted by Crippen LogP contribution is 2.43. The maximum atomic E-state index is 12.4. The molecule has 104 valence electrons. The second kappa shape index (κ2) is 4.58. The Hall–Kier alpha value is -0.910. The Morgan fingerprint density at radius 1 is 1.26 bits per heavy atom. The van der Waals surface area contributed by atoms with E-state index in [-0.39, 0.29) is 6.10 Å². The van der Waals surface area contributed by atoms with E-state index >= 15 is 0 Å². The molecule has 19 heavy (non-hydrogen) atoms. The Bertz CT molecular complexity index is 553. The molecule has 3 rings (SSSR count). The van der Waals surface area contributed by atoms with Gasteiger partial charge < -0.3 is 4.74 Å². The molecule has 1 heterocycles. The molecule has 1 aromatic carbocycles. The molecule has 2 fully saturated rings. The number of ether oxygens (including phenoxy) is 1. The number of hydrogen-bond acceptors (Lipinski definition) is 3. The van der Waals surface area contributed by atoms with Crippen LogP contribution in [0.1, 0.15) is 26.2 Å². The lowest BCUT2D eigenvalue weighted by Crippen LogP contribution is -2.52. The molecule has 0 radical (unpaired) electrons. The van der Waals surface area contributed by atoms with Crippen LogP contribution < -0.4 is 4.72 Å². The van der Waals surface area contributed by atoms with Gasteiger partial charge in [0.1, 0.15) is 0 Å². The second-order valence-corrected chi connectivity index (χ2v) is 7.40. The number of hydrogen-bond donors (Lipinski definition) is 1. The largest absolute Gasteiger partial charge is 0.376 e. The van der Waals surface area contributed by atoms with Crippen LogP contribution in [-0.4, -0.2) is 26.7 Å². The Morgan fingerprint density at radius 2 is 1.95 bits per heavy atom. The number of rotatable bonds is 4. The van der Waals surface area contributed by atoms with Crippen LogP contribution >= 0.6 is 0 Å². The van der Waals surface area contributed by atoms with E-state index in [1.807, 2.05) is 13.0 Å². The Morgan fingerprint density at radius 3 is 2.58 bits per heavy atom. The van der Waals surface area contributed by atoms with Crippen molar-refractivity contribution < 1.29 is 13.2 Å². The molecule has 1 aliphatic heterocycles. The molecule has 2 atom stereocenters. The highest BCUT2D eigenvalue weighted by molar-refractivity contribution is 7.89. The minimum Gasteiger partial charge on any atom is -0.376 e. The molecule has 1 saturated heterocycles. The minimum absolute atomic E-state index is 0.0194. The van der Waals surface area contributed by atoms with Crippen molar-refractivity contribution >= 4 is 10.0 Å². The Kier molecular flexibility index (Phi) is 3.15. The van der Waals surface area contributed by atoms with Crippen molar-refractivity contribution in [2.24, 2.45) is 5.92 Å². The van der Waals surface area contributed by atoms with Gasteiger partial charge in [0.2, 0.25) is 10.0 Å². The lowest BCUT2D eigenvalue weighted by molar-refractivity contribution is 0.0629. The van der Waals surface area contributed by atoms with Crippen molar-refractivity contribution in [2.45, 2.75) is 42.7 Å². The van der Waals surface area contributed by atoms with Gasteiger partial charge >= 0.3 is 0 Å². The summed E-state index contributed by atoms with van der Waals surface area (Å²) in [5.41, 5.74) is -0.476. The summed E-state index contributed by atoms with van der Waals surface area (Å²) in [6.07, 6.45) is 3.05. The fourth-order valence-electron chi connectivity index (χ4n) is 2.85. The topological polar surface area (TPSA) is 55.4 Å². The monoisotopic (exact) mass is 281 g/mol. The first kappa shape index (κ1) is 13.1. The van der Waals surface area contributed by atoms with Crippen LogP contribution in [0.2, 0.25) is 0 Å². The van der Waals surface area contributed by atoms with Crippen molar-refractivity contribution in [3.8, 4) is 0 Å². The van der Waals surface area contributed by atoms with E-state index in [2.05, 4.69) is 4.72 Å². The third-order valence-electron chi connectivity index (χ3n) is 4.02. The van der Waals surface area contributed by atoms with Crippen molar-refractivity contribution in [1.82, 2.24) is 4.72 Å². The molecule has 1 aromatic rings. The smallest absolute Gasteiger partial charge is 0.241 e. The summed E-state index contributed by atoms with van der Waals surface area (Å²) in [6.45, 7) is 2.60. The van der Waals surface area contributed by atoms with E-state index < -0.39 is 15.6 Å². The van der Waals surface area contributed by atoms with Gasteiger partial charge in [-0.2, -0.15) is 0 Å². The molecule has 1 N–H and O–H groups in total. The van der Waals surface area contributed by atoms with Crippen LogP contribution in [0.5, 0.6) is 0 Å². The summed E-state index contributed by atoms with van der Waals surface area (Å²) in [6, 6.07) is 8.52. The van der Waals surface area contributed by atoms with Crippen LogP contribution in [0.25, 0.3) is 0 Å². The molecule has 0 amide bonds. The van der Waals surface area contributed by atoms with Gasteiger partial charge in [0.15, 0.2) is 0 Å². The molecular weight excluding hydrogens is 262 g/mol. The molecule has 2 aliphatic rings. The molecule has 1 saturated carbocycles. The summed E-state index contributed by atoms with van der Waals surface area (Å²) in [4.78, 5) is 0.317. The third kappa shape index (κ3) is 2.55. The average Bonchev–Trinajstić information content (AvgIpc) is 3.14. The van der Waals surface area contributed by atoms with E-state index in [1.165, 1.54) is 0 Å². The van der Waals surface area contributed by atoms with E-state index in [9.17, 15) is 8.42 Å². The molecule has 0 aromatic heterocycles.